The van der Waals surface area contributed by atoms with Crippen molar-refractivity contribution >= 4 is 17.9 Å². The van der Waals surface area contributed by atoms with Gasteiger partial charge in [-0.1, -0.05) is 347 Å². The molecule has 0 radical (unpaired) electrons. The molecule has 1 atom stereocenters. The van der Waals surface area contributed by atoms with E-state index < -0.39 is 6.10 Å². The lowest BCUT2D eigenvalue weighted by Gasteiger charge is -2.18. The van der Waals surface area contributed by atoms with Crippen LogP contribution in [0.5, 0.6) is 0 Å². The average Bonchev–Trinajstić information content (AvgIpc) is 3.42. The van der Waals surface area contributed by atoms with Crippen LogP contribution >= 0.6 is 0 Å². The van der Waals surface area contributed by atoms with Crippen LogP contribution in [0.15, 0.2) is 24.3 Å². The Balaban J connectivity index is 4.08. The van der Waals surface area contributed by atoms with Gasteiger partial charge in [0.15, 0.2) is 6.10 Å². The van der Waals surface area contributed by atoms with Crippen molar-refractivity contribution in [2.45, 2.75) is 393 Å². The molecular formula is C70H132O6. The topological polar surface area (TPSA) is 78.9 Å². The molecule has 0 aliphatic carbocycles. The summed E-state index contributed by atoms with van der Waals surface area (Å²) in [6.45, 7) is 6.65. The van der Waals surface area contributed by atoms with E-state index in [-0.39, 0.29) is 31.1 Å². The van der Waals surface area contributed by atoms with E-state index in [9.17, 15) is 14.4 Å². The molecule has 0 saturated carbocycles. The van der Waals surface area contributed by atoms with Gasteiger partial charge in [-0.3, -0.25) is 14.4 Å². The van der Waals surface area contributed by atoms with E-state index in [1.54, 1.807) is 0 Å². The molecule has 6 heteroatoms. The average molecular weight is 1070 g/mol. The van der Waals surface area contributed by atoms with Crippen molar-refractivity contribution in [3.8, 4) is 0 Å². The Labute approximate surface area is 474 Å². The monoisotopic (exact) mass is 1070 g/mol. The maximum absolute atomic E-state index is 12.9. The van der Waals surface area contributed by atoms with Crippen molar-refractivity contribution in [3.63, 3.8) is 0 Å². The lowest BCUT2D eigenvalue weighted by Crippen LogP contribution is -2.30. The molecule has 0 aromatic carbocycles. The first-order valence-electron chi connectivity index (χ1n) is 34.3. The molecule has 448 valence electrons. The third-order valence-electron chi connectivity index (χ3n) is 15.7. The molecule has 6 nitrogen and oxygen atoms in total. The second kappa shape index (κ2) is 65.4. The molecule has 0 heterocycles. The molecule has 0 fully saturated rings. The van der Waals surface area contributed by atoms with Gasteiger partial charge in [-0.15, -0.1) is 0 Å². The fourth-order valence-corrected chi connectivity index (χ4v) is 10.5. The van der Waals surface area contributed by atoms with Crippen LogP contribution in [-0.2, 0) is 28.6 Å². The summed E-state index contributed by atoms with van der Waals surface area (Å²) in [7, 11) is 0. The summed E-state index contributed by atoms with van der Waals surface area (Å²) in [5.74, 6) is -0.859. The third-order valence-corrected chi connectivity index (χ3v) is 15.7. The molecular weight excluding hydrogens is 937 g/mol. The highest BCUT2D eigenvalue weighted by Crippen LogP contribution is 2.19. The van der Waals surface area contributed by atoms with E-state index in [1.807, 2.05) is 0 Å². The Morgan fingerprint density at radius 1 is 0.263 bits per heavy atom. The predicted octanol–water partition coefficient (Wildman–Crippen LogP) is 23.4. The van der Waals surface area contributed by atoms with Crippen LogP contribution in [0.2, 0.25) is 0 Å². The standard InChI is InChI=1S/C70H132O6/c1-4-7-10-13-16-19-22-25-27-28-29-30-31-32-33-34-35-36-37-38-39-40-41-42-43-46-48-51-54-57-60-63-69(72)75-66-67(65-74-68(71)62-59-56-53-50-47-44-24-21-18-15-12-9-6-3)76-70(73)64-61-58-55-52-49-45-26-23-20-17-14-11-8-5-2/h14,17,23,26,67H,4-13,15-16,18-22,24-25,27-66H2,1-3H3/b17-14-,26-23-. The highest BCUT2D eigenvalue weighted by atomic mass is 16.6. The zero-order valence-corrected chi connectivity index (χ0v) is 51.6. The fourth-order valence-electron chi connectivity index (χ4n) is 10.5. The highest BCUT2D eigenvalue weighted by molar-refractivity contribution is 5.71. The molecule has 0 aliphatic heterocycles. The normalized spacial score (nSPS) is 12.1. The van der Waals surface area contributed by atoms with Crippen LogP contribution in [0.25, 0.3) is 0 Å². The van der Waals surface area contributed by atoms with E-state index in [0.717, 1.165) is 77.0 Å². The van der Waals surface area contributed by atoms with Crippen LogP contribution in [0.1, 0.15) is 387 Å². The van der Waals surface area contributed by atoms with Crippen LogP contribution in [-0.4, -0.2) is 37.2 Å². The van der Waals surface area contributed by atoms with Gasteiger partial charge in [0, 0.05) is 19.3 Å². The third kappa shape index (κ3) is 62.7. The van der Waals surface area contributed by atoms with Gasteiger partial charge >= 0.3 is 17.9 Å². The minimum atomic E-state index is -0.774. The number of ether oxygens (including phenoxy) is 3. The van der Waals surface area contributed by atoms with E-state index in [0.29, 0.717) is 19.3 Å². The van der Waals surface area contributed by atoms with Gasteiger partial charge in [0.25, 0.3) is 0 Å². The van der Waals surface area contributed by atoms with Gasteiger partial charge in [-0.2, -0.15) is 0 Å². The number of rotatable bonds is 64. The summed E-state index contributed by atoms with van der Waals surface area (Å²) >= 11 is 0. The zero-order chi connectivity index (χ0) is 55.0. The smallest absolute Gasteiger partial charge is 0.306 e. The number of carbonyl (C=O) groups is 3. The first-order valence-corrected chi connectivity index (χ1v) is 34.3. The Kier molecular flexibility index (Phi) is 63.6. The summed E-state index contributed by atoms with van der Waals surface area (Å²) < 4.78 is 16.9. The Morgan fingerprint density at radius 2 is 0.487 bits per heavy atom. The highest BCUT2D eigenvalue weighted by Gasteiger charge is 2.19. The Morgan fingerprint density at radius 3 is 0.763 bits per heavy atom. The van der Waals surface area contributed by atoms with E-state index in [2.05, 4.69) is 45.1 Å². The largest absolute Gasteiger partial charge is 0.462 e. The summed E-state index contributed by atoms with van der Waals surface area (Å²) in [6.07, 6.45) is 79.4. The lowest BCUT2D eigenvalue weighted by molar-refractivity contribution is -0.167. The van der Waals surface area contributed by atoms with Gasteiger partial charge in [0.2, 0.25) is 0 Å². The molecule has 0 aromatic heterocycles. The summed E-state index contributed by atoms with van der Waals surface area (Å²) in [5, 5.41) is 0. The molecule has 0 aromatic rings. The Bertz CT molecular complexity index is 1230. The molecule has 0 rings (SSSR count). The maximum atomic E-state index is 12.9. The first kappa shape index (κ1) is 73.9. The predicted molar refractivity (Wildman–Crippen MR) is 330 cm³/mol. The summed E-state index contributed by atoms with van der Waals surface area (Å²) in [4.78, 5) is 38.3. The second-order valence-corrected chi connectivity index (χ2v) is 23.5. The number of hydrogen-bond donors (Lipinski definition) is 0. The number of esters is 3. The SMILES string of the molecule is CCCC/C=C\C/C=C\CCCCCCCC(=O)OC(COC(=O)CCCCCCCCCCCCCCC)COC(=O)CCCCCCCCCCCCCCCCCCCCCCCCCCCCCCCCC. The Hall–Kier alpha value is -2.11. The van der Waals surface area contributed by atoms with E-state index in [4.69, 9.17) is 14.2 Å². The number of allylic oxidation sites excluding steroid dienone is 4. The lowest BCUT2D eigenvalue weighted by atomic mass is 10.0. The maximum Gasteiger partial charge on any atom is 0.306 e. The van der Waals surface area contributed by atoms with Gasteiger partial charge in [-0.05, 0) is 44.9 Å². The summed E-state index contributed by atoms with van der Waals surface area (Å²) in [6, 6.07) is 0. The van der Waals surface area contributed by atoms with Crippen LogP contribution in [0.3, 0.4) is 0 Å². The van der Waals surface area contributed by atoms with Crippen LogP contribution in [0, 0.1) is 0 Å². The molecule has 0 aliphatic rings. The summed E-state index contributed by atoms with van der Waals surface area (Å²) in [5.41, 5.74) is 0. The molecule has 0 amide bonds. The zero-order valence-electron chi connectivity index (χ0n) is 51.6. The van der Waals surface area contributed by atoms with E-state index >= 15 is 0 Å². The molecule has 0 bridgehead atoms. The van der Waals surface area contributed by atoms with Gasteiger partial charge in [0.05, 0.1) is 0 Å². The minimum Gasteiger partial charge on any atom is -0.462 e. The van der Waals surface area contributed by atoms with Crippen molar-refractivity contribution in [2.24, 2.45) is 0 Å². The van der Waals surface area contributed by atoms with Gasteiger partial charge in [0.1, 0.15) is 13.2 Å². The first-order chi connectivity index (χ1) is 37.5. The molecule has 1 unspecified atom stereocenters. The molecule has 0 N–H and O–H groups in total. The quantitative estimate of drug-likeness (QED) is 0.0261. The van der Waals surface area contributed by atoms with Gasteiger partial charge < -0.3 is 14.2 Å². The molecule has 76 heavy (non-hydrogen) atoms. The van der Waals surface area contributed by atoms with Crippen molar-refractivity contribution in [1.82, 2.24) is 0 Å². The van der Waals surface area contributed by atoms with Crippen molar-refractivity contribution in [2.75, 3.05) is 13.2 Å². The van der Waals surface area contributed by atoms with Crippen LogP contribution in [0.4, 0.5) is 0 Å². The van der Waals surface area contributed by atoms with Crippen molar-refractivity contribution in [1.29, 1.82) is 0 Å². The number of carbonyl (C=O) groups excluding carboxylic acids is 3. The van der Waals surface area contributed by atoms with Gasteiger partial charge in [-0.25, -0.2) is 0 Å². The number of hydrogen-bond acceptors (Lipinski definition) is 6. The van der Waals surface area contributed by atoms with Crippen molar-refractivity contribution in [3.05, 3.63) is 24.3 Å². The fraction of sp³-hybridized carbons (Fsp3) is 0.900. The molecule has 0 spiro atoms. The van der Waals surface area contributed by atoms with Crippen LogP contribution < -0.4 is 0 Å². The second-order valence-electron chi connectivity index (χ2n) is 23.5. The van der Waals surface area contributed by atoms with E-state index in [1.165, 1.54) is 270 Å². The number of unbranched alkanes of at least 4 members (excludes halogenated alkanes) is 49. The minimum absolute atomic E-state index is 0.0712. The van der Waals surface area contributed by atoms with Crippen molar-refractivity contribution < 1.29 is 28.6 Å². The molecule has 0 saturated heterocycles.